The van der Waals surface area contributed by atoms with Gasteiger partial charge >= 0.3 is 5.97 Å². The Hall–Kier alpha value is -2.75. The molecule has 0 saturated heterocycles. The lowest BCUT2D eigenvalue weighted by Crippen LogP contribution is -2.50. The highest BCUT2D eigenvalue weighted by Crippen LogP contribution is 2.33. The van der Waals surface area contributed by atoms with Gasteiger partial charge in [-0.05, 0) is 74.7 Å². The van der Waals surface area contributed by atoms with Gasteiger partial charge in [0.1, 0.15) is 0 Å². The Labute approximate surface area is 236 Å². The van der Waals surface area contributed by atoms with E-state index in [1.165, 1.54) is 26.0 Å². The zero-order chi connectivity index (χ0) is 27.3. The Kier molecular flexibility index (Phi) is 9.50. The number of rotatable bonds is 8. The normalized spacial score (nSPS) is 12.8. The molecule has 37 heavy (non-hydrogen) atoms. The molecule has 0 aliphatic rings. The molecule has 1 amide bonds. The monoisotopic (exact) mass is 576 g/mol. The van der Waals surface area contributed by atoms with Crippen molar-refractivity contribution in [1.29, 1.82) is 5.26 Å². The molecule has 0 fully saturated rings. The van der Waals surface area contributed by atoms with Crippen LogP contribution in [0.25, 0.3) is 0 Å². The van der Waals surface area contributed by atoms with Crippen molar-refractivity contribution in [2.75, 3.05) is 0 Å². The lowest BCUT2D eigenvalue weighted by atomic mass is 9.85. The highest BCUT2D eigenvalue weighted by molar-refractivity contribution is 6.46. The van der Waals surface area contributed by atoms with E-state index in [2.05, 4.69) is 11.4 Å². The standard InChI is InChI=1S/C28H24Cl4N2O3/c1-16(21(14-17-7-9-20(29)10-8-17)19-6-4-5-18(13-19)15-33)34-27(36)28(2,3)37-26(35)24-22(30)11-12-23(31)25(24)32/h4-13,16,21H,14H2,1-3H3,(H,34,36). The summed E-state index contributed by atoms with van der Waals surface area (Å²) in [6.45, 7) is 4.81. The number of halogens is 4. The van der Waals surface area contributed by atoms with Crippen molar-refractivity contribution in [3.63, 3.8) is 0 Å². The highest BCUT2D eigenvalue weighted by atomic mass is 35.5. The summed E-state index contributed by atoms with van der Waals surface area (Å²) in [6, 6.07) is 19.3. The molecule has 0 aliphatic carbocycles. The van der Waals surface area contributed by atoms with Crippen molar-refractivity contribution in [2.45, 2.75) is 44.8 Å². The second kappa shape index (κ2) is 12.2. The van der Waals surface area contributed by atoms with Crippen molar-refractivity contribution in [1.82, 2.24) is 5.32 Å². The minimum atomic E-state index is -1.56. The number of esters is 1. The van der Waals surface area contributed by atoms with Gasteiger partial charge in [0, 0.05) is 17.0 Å². The molecule has 3 aromatic carbocycles. The Balaban J connectivity index is 1.83. The number of ether oxygens (including phenoxy) is 1. The Morgan fingerprint density at radius 2 is 1.65 bits per heavy atom. The molecule has 3 rings (SSSR count). The summed E-state index contributed by atoms with van der Waals surface area (Å²) >= 11 is 24.4. The zero-order valence-electron chi connectivity index (χ0n) is 20.3. The average Bonchev–Trinajstić information content (AvgIpc) is 2.85. The Morgan fingerprint density at radius 3 is 2.30 bits per heavy atom. The molecule has 2 unspecified atom stereocenters. The summed E-state index contributed by atoms with van der Waals surface area (Å²) in [5.41, 5.74) is 0.739. The van der Waals surface area contributed by atoms with E-state index in [1.807, 2.05) is 31.2 Å². The van der Waals surface area contributed by atoms with Crippen LogP contribution in [0.15, 0.2) is 60.7 Å². The van der Waals surface area contributed by atoms with Crippen LogP contribution in [0.3, 0.4) is 0 Å². The van der Waals surface area contributed by atoms with Crippen LogP contribution in [-0.2, 0) is 16.0 Å². The maximum Gasteiger partial charge on any atom is 0.342 e. The molecular weight excluding hydrogens is 554 g/mol. The van der Waals surface area contributed by atoms with Gasteiger partial charge in [-0.3, -0.25) is 4.79 Å². The van der Waals surface area contributed by atoms with E-state index < -0.39 is 23.5 Å². The number of nitriles is 1. The quantitative estimate of drug-likeness (QED) is 0.220. The first kappa shape index (κ1) is 28.8. The molecule has 0 heterocycles. The fraction of sp³-hybridized carbons (Fsp3) is 0.250. The fourth-order valence-electron chi connectivity index (χ4n) is 3.82. The van der Waals surface area contributed by atoms with Crippen LogP contribution in [0.1, 0.15) is 53.7 Å². The van der Waals surface area contributed by atoms with Crippen LogP contribution in [0.4, 0.5) is 0 Å². The number of nitrogens with one attached hydrogen (secondary N) is 1. The van der Waals surface area contributed by atoms with Crippen molar-refractivity contribution in [3.8, 4) is 6.07 Å². The minimum Gasteiger partial charge on any atom is -0.446 e. The minimum absolute atomic E-state index is 0.0517. The average molecular weight is 578 g/mol. The molecular formula is C28H24Cl4N2O3. The van der Waals surface area contributed by atoms with Crippen LogP contribution in [-0.4, -0.2) is 23.5 Å². The van der Waals surface area contributed by atoms with E-state index in [1.54, 1.807) is 24.3 Å². The van der Waals surface area contributed by atoms with Gasteiger partial charge in [-0.1, -0.05) is 70.7 Å². The van der Waals surface area contributed by atoms with Gasteiger partial charge in [0.2, 0.25) is 0 Å². The molecule has 0 saturated carbocycles. The summed E-state index contributed by atoms with van der Waals surface area (Å²) < 4.78 is 5.52. The van der Waals surface area contributed by atoms with Crippen molar-refractivity contribution in [3.05, 3.63) is 103 Å². The Morgan fingerprint density at radius 1 is 1.00 bits per heavy atom. The molecule has 0 bridgehead atoms. The van der Waals surface area contributed by atoms with Crippen LogP contribution in [0.5, 0.6) is 0 Å². The molecule has 2 atom stereocenters. The van der Waals surface area contributed by atoms with Gasteiger partial charge in [0.25, 0.3) is 5.91 Å². The SMILES string of the molecule is CC(NC(=O)C(C)(C)OC(=O)c1c(Cl)ccc(Cl)c1Cl)C(Cc1ccc(Cl)cc1)c1cccc(C#N)c1. The predicted octanol–water partition coefficient (Wildman–Crippen LogP) is 7.64. The van der Waals surface area contributed by atoms with Crippen molar-refractivity contribution >= 4 is 58.3 Å². The molecule has 0 aliphatic heterocycles. The van der Waals surface area contributed by atoms with Crippen LogP contribution < -0.4 is 5.32 Å². The predicted molar refractivity (Wildman–Crippen MR) is 148 cm³/mol. The topological polar surface area (TPSA) is 79.2 Å². The number of hydrogen-bond acceptors (Lipinski definition) is 4. The van der Waals surface area contributed by atoms with Gasteiger partial charge < -0.3 is 10.1 Å². The second-order valence-corrected chi connectivity index (χ2v) is 10.7. The first-order valence-corrected chi connectivity index (χ1v) is 12.9. The van der Waals surface area contributed by atoms with E-state index in [0.717, 1.165) is 11.1 Å². The molecule has 1 N–H and O–H groups in total. The van der Waals surface area contributed by atoms with E-state index >= 15 is 0 Å². The van der Waals surface area contributed by atoms with E-state index in [-0.39, 0.29) is 26.5 Å². The number of hydrogen-bond donors (Lipinski definition) is 1. The maximum atomic E-state index is 13.3. The maximum absolute atomic E-state index is 13.3. The van der Waals surface area contributed by atoms with Crippen molar-refractivity contribution < 1.29 is 14.3 Å². The summed E-state index contributed by atoms with van der Waals surface area (Å²) in [5.74, 6) is -1.58. The molecule has 0 radical (unpaired) electrons. The molecule has 3 aromatic rings. The molecule has 0 spiro atoms. The number of carbonyl (C=O) groups is 2. The molecule has 192 valence electrons. The number of amides is 1. The Bertz CT molecular complexity index is 1350. The third-order valence-electron chi connectivity index (χ3n) is 5.92. The van der Waals surface area contributed by atoms with Gasteiger partial charge in [-0.25, -0.2) is 4.79 Å². The molecule has 0 aromatic heterocycles. The molecule has 9 heteroatoms. The third-order valence-corrected chi connectivity index (χ3v) is 7.29. The summed E-state index contributed by atoms with van der Waals surface area (Å²) in [6.07, 6.45) is 0.571. The van der Waals surface area contributed by atoms with Crippen LogP contribution in [0, 0.1) is 11.3 Å². The van der Waals surface area contributed by atoms with Crippen LogP contribution in [0.2, 0.25) is 20.1 Å². The van der Waals surface area contributed by atoms with Crippen molar-refractivity contribution in [2.24, 2.45) is 0 Å². The van der Waals surface area contributed by atoms with Gasteiger partial charge in [0.15, 0.2) is 5.60 Å². The largest absolute Gasteiger partial charge is 0.446 e. The first-order valence-electron chi connectivity index (χ1n) is 11.3. The highest BCUT2D eigenvalue weighted by Gasteiger charge is 2.36. The summed E-state index contributed by atoms with van der Waals surface area (Å²) in [7, 11) is 0. The molecule has 5 nitrogen and oxygen atoms in total. The zero-order valence-corrected chi connectivity index (χ0v) is 23.3. The van der Waals surface area contributed by atoms with Gasteiger partial charge in [-0.2, -0.15) is 5.26 Å². The summed E-state index contributed by atoms with van der Waals surface area (Å²) in [4.78, 5) is 26.2. The lowest BCUT2D eigenvalue weighted by molar-refractivity contribution is -0.138. The second-order valence-electron chi connectivity index (χ2n) is 9.05. The first-order chi connectivity index (χ1) is 17.4. The number of nitrogens with zero attached hydrogens (tertiary/aromatic N) is 1. The van der Waals surface area contributed by atoms with Gasteiger partial charge in [0.05, 0.1) is 32.3 Å². The smallest absolute Gasteiger partial charge is 0.342 e. The third kappa shape index (κ3) is 7.18. The fourth-order valence-corrected chi connectivity index (χ4v) is 4.63. The van der Waals surface area contributed by atoms with E-state index in [9.17, 15) is 14.9 Å². The number of benzene rings is 3. The lowest BCUT2D eigenvalue weighted by Gasteiger charge is -2.30. The number of carbonyl (C=O) groups excluding carboxylic acids is 2. The van der Waals surface area contributed by atoms with E-state index in [0.29, 0.717) is 17.0 Å². The van der Waals surface area contributed by atoms with Gasteiger partial charge in [-0.15, -0.1) is 0 Å². The van der Waals surface area contributed by atoms with Crippen LogP contribution >= 0.6 is 46.4 Å². The van der Waals surface area contributed by atoms with E-state index in [4.69, 9.17) is 51.1 Å². The summed E-state index contributed by atoms with van der Waals surface area (Å²) in [5, 5.41) is 13.1.